The SMILES string of the molecule is COC(=O)NN1CN(c2ccccc2)c2cc(Cl)ccc2C1=S. The van der Waals surface area contributed by atoms with Crippen LogP contribution in [-0.2, 0) is 4.74 Å². The molecule has 1 aliphatic heterocycles. The Hall–Kier alpha value is -2.31. The Morgan fingerprint density at radius 3 is 2.70 bits per heavy atom. The summed E-state index contributed by atoms with van der Waals surface area (Å²) in [5, 5.41) is 2.20. The van der Waals surface area contributed by atoms with Crippen molar-refractivity contribution in [2.75, 3.05) is 18.7 Å². The fraction of sp³-hybridized carbons (Fsp3) is 0.125. The van der Waals surface area contributed by atoms with Crippen molar-refractivity contribution in [3.8, 4) is 0 Å². The number of carbonyl (C=O) groups is 1. The summed E-state index contributed by atoms with van der Waals surface area (Å²) in [5.41, 5.74) is 5.31. The smallest absolute Gasteiger partial charge is 0.425 e. The number of nitrogens with zero attached hydrogens (tertiary/aromatic N) is 2. The van der Waals surface area contributed by atoms with Crippen LogP contribution in [0.1, 0.15) is 5.56 Å². The van der Waals surface area contributed by atoms with Crippen molar-refractivity contribution in [3.05, 3.63) is 59.1 Å². The Bertz CT molecular complexity index is 754. The highest BCUT2D eigenvalue weighted by atomic mass is 35.5. The third-order valence-corrected chi connectivity index (χ3v) is 4.16. The predicted molar refractivity (Wildman–Crippen MR) is 94.0 cm³/mol. The van der Waals surface area contributed by atoms with Gasteiger partial charge in [-0.2, -0.15) is 0 Å². The average molecular weight is 348 g/mol. The van der Waals surface area contributed by atoms with Gasteiger partial charge in [0, 0.05) is 16.3 Å². The number of methoxy groups -OCH3 is 1. The van der Waals surface area contributed by atoms with Crippen LogP contribution in [-0.4, -0.2) is 29.9 Å². The van der Waals surface area contributed by atoms with E-state index in [0.29, 0.717) is 16.7 Å². The molecule has 0 radical (unpaired) electrons. The molecule has 3 rings (SSSR count). The van der Waals surface area contributed by atoms with Crippen LogP contribution in [0.4, 0.5) is 16.2 Å². The van der Waals surface area contributed by atoms with Crippen LogP contribution in [0.25, 0.3) is 0 Å². The van der Waals surface area contributed by atoms with Gasteiger partial charge in [-0.15, -0.1) is 0 Å². The molecule has 2 aromatic rings. The second kappa shape index (κ2) is 6.44. The van der Waals surface area contributed by atoms with E-state index < -0.39 is 6.09 Å². The fourth-order valence-corrected chi connectivity index (χ4v) is 2.85. The quantitative estimate of drug-likeness (QED) is 0.839. The van der Waals surface area contributed by atoms with Gasteiger partial charge in [0.2, 0.25) is 0 Å². The van der Waals surface area contributed by atoms with Gasteiger partial charge in [-0.05, 0) is 30.3 Å². The van der Waals surface area contributed by atoms with Crippen LogP contribution in [0.15, 0.2) is 48.5 Å². The number of nitrogens with one attached hydrogen (secondary N) is 1. The molecule has 2 aromatic carbocycles. The molecule has 1 N–H and O–H groups in total. The number of rotatable bonds is 2. The van der Waals surface area contributed by atoms with Crippen molar-refractivity contribution in [3.63, 3.8) is 0 Å². The van der Waals surface area contributed by atoms with Crippen LogP contribution < -0.4 is 10.3 Å². The number of benzene rings is 2. The first kappa shape index (κ1) is 15.6. The summed E-state index contributed by atoms with van der Waals surface area (Å²) in [6.07, 6.45) is -0.572. The molecule has 1 amide bonds. The third kappa shape index (κ3) is 3.09. The topological polar surface area (TPSA) is 44.8 Å². The normalized spacial score (nSPS) is 13.6. The van der Waals surface area contributed by atoms with Gasteiger partial charge in [0.1, 0.15) is 11.7 Å². The molecule has 7 heteroatoms. The van der Waals surface area contributed by atoms with Crippen LogP contribution >= 0.6 is 23.8 Å². The zero-order valence-electron chi connectivity index (χ0n) is 12.3. The number of hydrazine groups is 1. The standard InChI is InChI=1S/C16H14ClN3O2S/c1-22-16(21)18-20-10-19(12-5-3-2-4-6-12)14-9-11(17)7-8-13(14)15(20)23/h2-9H,10H2,1H3,(H,18,21). The lowest BCUT2D eigenvalue weighted by Gasteiger charge is -2.39. The summed E-state index contributed by atoms with van der Waals surface area (Å²) in [6.45, 7) is 0.352. The van der Waals surface area contributed by atoms with Gasteiger partial charge in [0.15, 0.2) is 0 Å². The molecule has 0 aliphatic carbocycles. The van der Waals surface area contributed by atoms with E-state index in [1.165, 1.54) is 7.11 Å². The first-order valence-electron chi connectivity index (χ1n) is 6.89. The molecule has 0 unspecified atom stereocenters. The maximum atomic E-state index is 11.6. The van der Waals surface area contributed by atoms with Crippen molar-refractivity contribution >= 4 is 46.3 Å². The first-order valence-corrected chi connectivity index (χ1v) is 7.67. The monoisotopic (exact) mass is 347 g/mol. The highest BCUT2D eigenvalue weighted by molar-refractivity contribution is 7.80. The lowest BCUT2D eigenvalue weighted by molar-refractivity contribution is 0.148. The lowest BCUT2D eigenvalue weighted by atomic mass is 10.1. The highest BCUT2D eigenvalue weighted by Gasteiger charge is 2.28. The van der Waals surface area contributed by atoms with Crippen molar-refractivity contribution in [2.24, 2.45) is 0 Å². The van der Waals surface area contributed by atoms with Gasteiger partial charge in [-0.25, -0.2) is 10.2 Å². The molecule has 1 heterocycles. The van der Waals surface area contributed by atoms with E-state index >= 15 is 0 Å². The molecular formula is C16H14ClN3O2S. The number of ether oxygens (including phenoxy) is 1. The van der Waals surface area contributed by atoms with E-state index in [2.05, 4.69) is 10.2 Å². The van der Waals surface area contributed by atoms with Crippen molar-refractivity contribution in [2.45, 2.75) is 0 Å². The van der Waals surface area contributed by atoms with Crippen LogP contribution in [0.3, 0.4) is 0 Å². The number of anilines is 2. The Labute approximate surface area is 144 Å². The van der Waals surface area contributed by atoms with E-state index in [-0.39, 0.29) is 0 Å². The van der Waals surface area contributed by atoms with E-state index in [1.807, 2.05) is 47.4 Å². The van der Waals surface area contributed by atoms with E-state index in [1.54, 1.807) is 11.1 Å². The average Bonchev–Trinajstić information content (AvgIpc) is 2.57. The second-order valence-electron chi connectivity index (χ2n) is 4.90. The minimum atomic E-state index is -0.572. The van der Waals surface area contributed by atoms with Crippen LogP contribution in [0, 0.1) is 0 Å². The maximum absolute atomic E-state index is 11.6. The molecule has 118 valence electrons. The third-order valence-electron chi connectivity index (χ3n) is 3.49. The summed E-state index contributed by atoms with van der Waals surface area (Å²) < 4.78 is 4.66. The minimum absolute atomic E-state index is 0.352. The number of hydrogen-bond donors (Lipinski definition) is 1. The van der Waals surface area contributed by atoms with Crippen LogP contribution in [0.5, 0.6) is 0 Å². The molecule has 0 aromatic heterocycles. The molecule has 0 spiro atoms. The van der Waals surface area contributed by atoms with E-state index in [0.717, 1.165) is 16.9 Å². The molecule has 0 saturated carbocycles. The Morgan fingerprint density at radius 2 is 2.00 bits per heavy atom. The molecule has 1 aliphatic rings. The maximum Gasteiger partial charge on any atom is 0.425 e. The Balaban J connectivity index is 2.05. The van der Waals surface area contributed by atoms with Crippen molar-refractivity contribution in [1.82, 2.24) is 10.4 Å². The van der Waals surface area contributed by atoms with Gasteiger partial charge in [0.25, 0.3) is 0 Å². The molecule has 5 nitrogen and oxygen atoms in total. The molecule has 0 saturated heterocycles. The highest BCUT2D eigenvalue weighted by Crippen LogP contribution is 2.35. The number of amides is 1. The van der Waals surface area contributed by atoms with Crippen molar-refractivity contribution in [1.29, 1.82) is 0 Å². The lowest BCUT2D eigenvalue weighted by Crippen LogP contribution is -2.53. The summed E-state index contributed by atoms with van der Waals surface area (Å²) in [7, 11) is 1.31. The number of carbonyl (C=O) groups excluding carboxylic acids is 1. The molecule has 23 heavy (non-hydrogen) atoms. The predicted octanol–water partition coefficient (Wildman–Crippen LogP) is 3.70. The van der Waals surface area contributed by atoms with Crippen molar-refractivity contribution < 1.29 is 9.53 Å². The van der Waals surface area contributed by atoms with Gasteiger partial charge < -0.3 is 9.64 Å². The number of thiocarbonyl (C=S) groups is 1. The number of hydrogen-bond acceptors (Lipinski definition) is 4. The largest absolute Gasteiger partial charge is 0.452 e. The molecular weight excluding hydrogens is 334 g/mol. The zero-order chi connectivity index (χ0) is 16.4. The Morgan fingerprint density at radius 1 is 1.26 bits per heavy atom. The second-order valence-corrected chi connectivity index (χ2v) is 5.73. The molecule has 0 bridgehead atoms. The van der Waals surface area contributed by atoms with Gasteiger partial charge in [0.05, 0.1) is 12.8 Å². The Kier molecular flexibility index (Phi) is 4.36. The number of halogens is 1. The summed E-state index contributed by atoms with van der Waals surface area (Å²) in [6, 6.07) is 15.3. The van der Waals surface area contributed by atoms with E-state index in [9.17, 15) is 4.79 Å². The first-order chi connectivity index (χ1) is 11.1. The fourth-order valence-electron chi connectivity index (χ4n) is 2.41. The summed E-state index contributed by atoms with van der Waals surface area (Å²) in [4.78, 5) is 14.1. The summed E-state index contributed by atoms with van der Waals surface area (Å²) >= 11 is 11.6. The minimum Gasteiger partial charge on any atom is -0.452 e. The number of para-hydroxylation sites is 1. The van der Waals surface area contributed by atoms with Gasteiger partial charge >= 0.3 is 6.09 Å². The van der Waals surface area contributed by atoms with E-state index in [4.69, 9.17) is 23.8 Å². The molecule has 0 atom stereocenters. The summed E-state index contributed by atoms with van der Waals surface area (Å²) in [5.74, 6) is 0. The zero-order valence-corrected chi connectivity index (χ0v) is 13.9. The van der Waals surface area contributed by atoms with Crippen LogP contribution in [0.2, 0.25) is 5.02 Å². The van der Waals surface area contributed by atoms with Gasteiger partial charge in [-0.3, -0.25) is 5.01 Å². The molecule has 0 fully saturated rings. The number of fused-ring (bicyclic) bond motifs is 1. The van der Waals surface area contributed by atoms with Gasteiger partial charge in [-0.1, -0.05) is 42.0 Å².